The molecule has 0 aliphatic heterocycles. The number of amides is 1. The quantitative estimate of drug-likeness (QED) is 0.245. The van der Waals surface area contributed by atoms with Gasteiger partial charge < -0.3 is 14.8 Å². The Hall–Kier alpha value is -4.59. The van der Waals surface area contributed by atoms with Crippen molar-refractivity contribution in [2.24, 2.45) is 0 Å². The number of fused-ring (bicyclic) bond motifs is 1. The molecular weight excluding hydrogens is 590 g/mol. The Morgan fingerprint density at radius 2 is 2.05 bits per heavy atom. The van der Waals surface area contributed by atoms with E-state index in [1.54, 1.807) is 42.7 Å². The molecule has 0 saturated heterocycles. The lowest BCUT2D eigenvalue weighted by atomic mass is 9.98. The number of anilines is 1. The van der Waals surface area contributed by atoms with Crippen LogP contribution in [-0.4, -0.2) is 55.6 Å². The molecule has 1 aliphatic carbocycles. The molecule has 1 atom stereocenters. The summed E-state index contributed by atoms with van der Waals surface area (Å²) in [6.07, 6.45) is 4.57. The van der Waals surface area contributed by atoms with Crippen LogP contribution in [0.1, 0.15) is 23.5 Å². The van der Waals surface area contributed by atoms with Gasteiger partial charge in [-0.3, -0.25) is 10.2 Å². The zero-order valence-electron chi connectivity index (χ0n) is 22.1. The highest BCUT2D eigenvalue weighted by atomic mass is 35.5. The summed E-state index contributed by atoms with van der Waals surface area (Å²) < 4.78 is 22.8. The van der Waals surface area contributed by atoms with Gasteiger partial charge in [0, 0.05) is 21.5 Å². The summed E-state index contributed by atoms with van der Waals surface area (Å²) in [6.45, 7) is 0. The van der Waals surface area contributed by atoms with Crippen molar-refractivity contribution in [3.05, 3.63) is 88.1 Å². The van der Waals surface area contributed by atoms with Gasteiger partial charge in [0.15, 0.2) is 5.82 Å². The molecule has 0 spiro atoms. The van der Waals surface area contributed by atoms with E-state index in [0.29, 0.717) is 50.9 Å². The third-order valence-electron chi connectivity index (χ3n) is 7.07. The van der Waals surface area contributed by atoms with Crippen LogP contribution in [0.25, 0.3) is 28.1 Å². The molecule has 1 aliphatic rings. The fraction of sp³-hybridized carbons (Fsp3) is 0.185. The van der Waals surface area contributed by atoms with E-state index in [4.69, 9.17) is 28.0 Å². The molecule has 15 heteroatoms. The molecule has 3 heterocycles. The number of tetrazole rings is 1. The zero-order valence-corrected chi connectivity index (χ0v) is 23.6. The number of aliphatic hydroxyl groups is 1. The number of hydrogen-bond donors (Lipinski definition) is 3. The number of hydrogen-bond acceptors (Lipinski definition) is 8. The summed E-state index contributed by atoms with van der Waals surface area (Å²) >= 11 is 12.6. The molecule has 1 amide bonds. The second-order valence-corrected chi connectivity index (χ2v) is 10.3. The number of halogens is 3. The van der Waals surface area contributed by atoms with Crippen LogP contribution in [0.4, 0.5) is 14.9 Å². The van der Waals surface area contributed by atoms with E-state index < -0.39 is 17.5 Å². The molecule has 0 radical (unpaired) electrons. The van der Waals surface area contributed by atoms with Gasteiger partial charge in [-0.1, -0.05) is 23.2 Å². The van der Waals surface area contributed by atoms with Gasteiger partial charge in [0.25, 0.3) is 5.69 Å². The number of aromatic amines is 1. The van der Waals surface area contributed by atoms with Crippen LogP contribution in [0, 0.1) is 5.82 Å². The minimum atomic E-state index is -1.56. The number of aryl methyl sites for hydroxylation is 1. The van der Waals surface area contributed by atoms with Crippen LogP contribution in [0.3, 0.4) is 0 Å². The lowest BCUT2D eigenvalue weighted by Gasteiger charge is -2.18. The van der Waals surface area contributed by atoms with E-state index in [2.05, 4.69) is 35.5 Å². The van der Waals surface area contributed by atoms with Crippen molar-refractivity contribution in [3.8, 4) is 28.1 Å². The second kappa shape index (κ2) is 10.7. The van der Waals surface area contributed by atoms with Gasteiger partial charge in [-0.05, 0) is 59.7 Å². The number of pyridine rings is 1. The van der Waals surface area contributed by atoms with E-state index >= 15 is 4.39 Å². The van der Waals surface area contributed by atoms with E-state index in [-0.39, 0.29) is 22.8 Å². The molecule has 0 saturated carbocycles. The first-order valence-electron chi connectivity index (χ1n) is 12.5. The topological polar surface area (TPSA) is 144 Å². The predicted octanol–water partition coefficient (Wildman–Crippen LogP) is 3.87. The maximum atomic E-state index is 15.5. The Bertz CT molecular complexity index is 1830. The summed E-state index contributed by atoms with van der Waals surface area (Å²) in [7, 11) is 2.71. The standard InChI is InChI=1S/C27H21Cl2FN8O4/c1-41-26(39)33-16-3-4-17(19(29)10-16)20-11-31-25(34-20)27(40)8-7-14-9-15(12-38(42-2)24(14)27)22-21(37-13-32-35-36-37)6-5-18(28)23(22)30/h3-6,9-13,40H,7-8H2,1-2H3,(H-,31,33,34,35,36,39)/p+1. The van der Waals surface area contributed by atoms with E-state index in [1.807, 2.05) is 0 Å². The van der Waals surface area contributed by atoms with Crippen molar-refractivity contribution >= 4 is 35.0 Å². The number of ether oxygens (including phenoxy) is 1. The molecule has 0 bridgehead atoms. The van der Waals surface area contributed by atoms with Gasteiger partial charge in [0.2, 0.25) is 11.8 Å². The minimum Gasteiger partial charge on any atom is -0.453 e. The highest BCUT2D eigenvalue weighted by molar-refractivity contribution is 6.33. The van der Waals surface area contributed by atoms with Gasteiger partial charge in [0.1, 0.15) is 19.3 Å². The number of rotatable bonds is 6. The van der Waals surface area contributed by atoms with Crippen LogP contribution in [-0.2, 0) is 16.8 Å². The Labute approximate surface area is 247 Å². The molecule has 214 valence electrons. The fourth-order valence-electron chi connectivity index (χ4n) is 5.14. The molecule has 6 rings (SSSR count). The molecule has 2 aromatic carbocycles. The fourth-order valence-corrected chi connectivity index (χ4v) is 5.58. The average molecular weight is 612 g/mol. The molecule has 3 N–H and O–H groups in total. The first-order chi connectivity index (χ1) is 20.2. The van der Waals surface area contributed by atoms with E-state index in [0.717, 1.165) is 0 Å². The molecule has 5 aromatic rings. The largest absolute Gasteiger partial charge is 0.453 e. The van der Waals surface area contributed by atoms with Crippen LogP contribution in [0.2, 0.25) is 10.0 Å². The number of H-pyrrole nitrogens is 1. The summed E-state index contributed by atoms with van der Waals surface area (Å²) in [5.74, 6) is -0.383. The normalized spacial score (nSPS) is 15.9. The third-order valence-corrected chi connectivity index (χ3v) is 7.68. The summed E-state index contributed by atoms with van der Waals surface area (Å²) in [5.41, 5.74) is 2.18. The monoisotopic (exact) mass is 611 g/mol. The first kappa shape index (κ1) is 27.6. The predicted molar refractivity (Wildman–Crippen MR) is 149 cm³/mol. The number of nitrogens with one attached hydrogen (secondary N) is 2. The molecule has 0 fully saturated rings. The van der Waals surface area contributed by atoms with Gasteiger partial charge in [-0.2, -0.15) is 4.68 Å². The Kier molecular flexibility index (Phi) is 7.01. The third kappa shape index (κ3) is 4.61. The van der Waals surface area contributed by atoms with Crippen molar-refractivity contribution in [1.29, 1.82) is 0 Å². The number of nitrogens with zero attached hydrogens (tertiary/aromatic N) is 6. The summed E-state index contributed by atoms with van der Waals surface area (Å²) in [6, 6.07) is 9.77. The highest BCUT2D eigenvalue weighted by Crippen LogP contribution is 2.42. The number of methoxy groups -OCH3 is 1. The Balaban J connectivity index is 1.40. The van der Waals surface area contributed by atoms with Gasteiger partial charge in [0.05, 0.1) is 45.9 Å². The number of imidazole rings is 1. The van der Waals surface area contributed by atoms with E-state index in [9.17, 15) is 9.90 Å². The molecule has 1 unspecified atom stereocenters. The van der Waals surface area contributed by atoms with Crippen molar-refractivity contribution in [2.75, 3.05) is 19.5 Å². The summed E-state index contributed by atoms with van der Waals surface area (Å²) in [4.78, 5) is 24.8. The first-order valence-corrected chi connectivity index (χ1v) is 13.3. The molecular formula is C27H22Cl2FN8O4+. The molecule has 3 aromatic heterocycles. The highest BCUT2D eigenvalue weighted by Gasteiger charge is 2.50. The van der Waals surface area contributed by atoms with Crippen molar-refractivity contribution in [1.82, 2.24) is 30.2 Å². The lowest BCUT2D eigenvalue weighted by Crippen LogP contribution is -2.50. The number of aromatic nitrogens is 7. The number of carbonyl (C=O) groups excluding carboxylic acids is 1. The second-order valence-electron chi connectivity index (χ2n) is 9.44. The number of carbonyl (C=O) groups is 1. The van der Waals surface area contributed by atoms with Crippen LogP contribution in [0.5, 0.6) is 0 Å². The van der Waals surface area contributed by atoms with Crippen molar-refractivity contribution in [3.63, 3.8) is 0 Å². The van der Waals surface area contributed by atoms with Crippen LogP contribution >= 0.6 is 23.2 Å². The summed E-state index contributed by atoms with van der Waals surface area (Å²) in [5, 5.41) is 26.0. The maximum Gasteiger partial charge on any atom is 0.411 e. The van der Waals surface area contributed by atoms with Gasteiger partial charge in [-0.15, -0.1) is 5.10 Å². The van der Waals surface area contributed by atoms with Crippen molar-refractivity contribution < 1.29 is 28.6 Å². The Morgan fingerprint density at radius 1 is 1.21 bits per heavy atom. The van der Waals surface area contributed by atoms with Crippen LogP contribution in [0.15, 0.2) is 55.1 Å². The lowest BCUT2D eigenvalue weighted by molar-refractivity contribution is -0.893. The molecule has 12 nitrogen and oxygen atoms in total. The van der Waals surface area contributed by atoms with Gasteiger partial charge >= 0.3 is 6.09 Å². The smallest absolute Gasteiger partial charge is 0.411 e. The van der Waals surface area contributed by atoms with Crippen molar-refractivity contribution in [2.45, 2.75) is 18.4 Å². The Morgan fingerprint density at radius 3 is 2.76 bits per heavy atom. The molecule has 42 heavy (non-hydrogen) atoms. The van der Waals surface area contributed by atoms with Crippen LogP contribution < -0.4 is 14.9 Å². The number of benzene rings is 2. The minimum absolute atomic E-state index is 0.0707. The average Bonchev–Trinajstić information content (AvgIpc) is 3.76. The maximum absolute atomic E-state index is 15.5. The zero-order chi connectivity index (χ0) is 29.6. The SMILES string of the molecule is COC(=O)Nc1ccc(-c2cnc(C3(O)CCc4cc(-c5c(-n6cnnn6)ccc(Cl)c5F)c[n+](OC)c43)[nH]2)c(Cl)c1. The van der Waals surface area contributed by atoms with E-state index in [1.165, 1.54) is 36.0 Å². The van der Waals surface area contributed by atoms with Gasteiger partial charge in [-0.25, -0.2) is 14.2 Å².